The molecule has 2 bridgehead atoms. The maximum absolute atomic E-state index is 13.6. The van der Waals surface area contributed by atoms with Crippen LogP contribution in [0.5, 0.6) is 5.75 Å². The van der Waals surface area contributed by atoms with Crippen LogP contribution in [0.4, 0.5) is 32.0 Å². The van der Waals surface area contributed by atoms with Crippen LogP contribution in [0.25, 0.3) is 0 Å². The number of alkyl halides is 6. The Labute approximate surface area is 189 Å². The van der Waals surface area contributed by atoms with Crippen molar-refractivity contribution in [1.29, 1.82) is 0 Å². The molecule has 1 aromatic heterocycles. The number of ether oxygens (including phenoxy) is 2. The van der Waals surface area contributed by atoms with Gasteiger partial charge in [-0.2, -0.15) is 31.4 Å². The van der Waals surface area contributed by atoms with Gasteiger partial charge in [-0.3, -0.25) is 9.48 Å². The second-order valence-corrected chi connectivity index (χ2v) is 8.23. The van der Waals surface area contributed by atoms with Gasteiger partial charge >= 0.3 is 12.4 Å². The largest absolute Gasteiger partial charge is 0.493 e. The third-order valence-corrected chi connectivity index (χ3v) is 5.97. The van der Waals surface area contributed by atoms with Crippen LogP contribution < -0.4 is 10.1 Å². The highest BCUT2D eigenvalue weighted by molar-refractivity contribution is 5.94. The van der Waals surface area contributed by atoms with Gasteiger partial charge in [-0.1, -0.05) is 0 Å². The van der Waals surface area contributed by atoms with E-state index < -0.39 is 65.4 Å². The number of carbonyl (C=O) groups excluding carboxylic acids is 1. The van der Waals surface area contributed by atoms with Crippen LogP contribution in [0, 0.1) is 5.92 Å². The Kier molecular flexibility index (Phi) is 6.05. The predicted molar refractivity (Wildman–Crippen MR) is 105 cm³/mol. The molecule has 4 rings (SSSR count). The van der Waals surface area contributed by atoms with Crippen LogP contribution in [-0.4, -0.2) is 45.7 Å². The quantitative estimate of drug-likeness (QED) is 0.621. The van der Waals surface area contributed by atoms with E-state index in [0.29, 0.717) is 6.07 Å². The lowest BCUT2D eigenvalue weighted by molar-refractivity contribution is -0.143. The number of aliphatic hydroxyl groups excluding tert-OH is 1. The van der Waals surface area contributed by atoms with Crippen LogP contribution in [0.3, 0.4) is 0 Å². The smallest absolute Gasteiger partial charge is 0.435 e. The van der Waals surface area contributed by atoms with Gasteiger partial charge in [0.05, 0.1) is 36.4 Å². The zero-order chi connectivity index (χ0) is 25.0. The molecule has 34 heavy (non-hydrogen) atoms. The molecule has 3 heterocycles. The molecule has 0 spiro atoms. The highest BCUT2D eigenvalue weighted by Gasteiger charge is 2.59. The Morgan fingerprint density at radius 3 is 2.59 bits per heavy atom. The molecule has 2 N–H and O–H groups in total. The first-order valence-electron chi connectivity index (χ1n) is 10.4. The molecule has 2 aromatic rings. The normalized spacial score (nSPS) is 26.7. The van der Waals surface area contributed by atoms with Gasteiger partial charge < -0.3 is 19.9 Å². The number of hydrogen-bond donors (Lipinski definition) is 2. The van der Waals surface area contributed by atoms with E-state index >= 15 is 0 Å². The highest BCUT2D eigenvalue weighted by atomic mass is 19.4. The van der Waals surface area contributed by atoms with Crippen molar-refractivity contribution in [3.63, 3.8) is 0 Å². The van der Waals surface area contributed by atoms with Crippen molar-refractivity contribution in [3.8, 4) is 5.75 Å². The van der Waals surface area contributed by atoms with E-state index in [2.05, 4.69) is 10.4 Å². The van der Waals surface area contributed by atoms with Crippen LogP contribution >= 0.6 is 0 Å². The number of hydrogen-bond acceptors (Lipinski definition) is 5. The second kappa shape index (κ2) is 8.45. The Morgan fingerprint density at radius 2 is 1.97 bits per heavy atom. The van der Waals surface area contributed by atoms with Gasteiger partial charge in [0.25, 0.3) is 0 Å². The molecule has 1 aromatic carbocycles. The number of rotatable bonds is 5. The Balaban J connectivity index is 1.67. The van der Waals surface area contributed by atoms with Crippen LogP contribution in [0.15, 0.2) is 24.4 Å². The summed E-state index contributed by atoms with van der Waals surface area (Å²) in [6.45, 7) is 1.51. The minimum Gasteiger partial charge on any atom is -0.493 e. The standard InChI is InChI=1S/C21H21F6N3O4/c1-3-33-13-5-4-9(6-11(13)20(22,23)24)28-19(32)16-14-7-12(31)17(34-14)15(16)10-8-30(2)29-18(10)21(25,26)27/h4-6,8,12,14-17,31H,3,7H2,1-2H3,(H,28,32)/t12-,14+,15+,16-,17-/m0/s1. The van der Waals surface area contributed by atoms with Crippen LogP contribution in [-0.2, 0) is 28.9 Å². The van der Waals surface area contributed by atoms with E-state index in [1.165, 1.54) is 20.0 Å². The van der Waals surface area contributed by atoms with Gasteiger partial charge in [0.1, 0.15) is 5.75 Å². The first kappa shape index (κ1) is 24.3. The Hall–Kier alpha value is -2.80. The van der Waals surface area contributed by atoms with Crippen molar-refractivity contribution in [1.82, 2.24) is 9.78 Å². The number of amides is 1. The summed E-state index contributed by atoms with van der Waals surface area (Å²) in [5, 5.41) is 16.1. The summed E-state index contributed by atoms with van der Waals surface area (Å²) >= 11 is 0. The summed E-state index contributed by atoms with van der Waals surface area (Å²) in [7, 11) is 1.29. The maximum Gasteiger partial charge on any atom is 0.435 e. The van der Waals surface area contributed by atoms with Crippen molar-refractivity contribution >= 4 is 11.6 Å². The summed E-state index contributed by atoms with van der Waals surface area (Å²) in [4.78, 5) is 13.1. The van der Waals surface area contributed by atoms with Gasteiger partial charge in [0.2, 0.25) is 5.91 Å². The fourth-order valence-corrected chi connectivity index (χ4v) is 4.72. The monoisotopic (exact) mass is 493 g/mol. The predicted octanol–water partition coefficient (Wildman–Crippen LogP) is 3.73. The molecule has 5 atom stereocenters. The number of aryl methyl sites for hydroxylation is 1. The molecule has 2 aliphatic rings. The molecular formula is C21H21F6N3O4. The van der Waals surface area contributed by atoms with Crippen molar-refractivity contribution in [2.24, 2.45) is 13.0 Å². The van der Waals surface area contributed by atoms with Crippen molar-refractivity contribution in [3.05, 3.63) is 41.2 Å². The van der Waals surface area contributed by atoms with E-state index in [0.717, 1.165) is 16.9 Å². The van der Waals surface area contributed by atoms with Gasteiger partial charge in [-0.05, 0) is 25.1 Å². The average molecular weight is 493 g/mol. The second-order valence-electron chi connectivity index (χ2n) is 8.23. The number of anilines is 1. The molecular weight excluding hydrogens is 472 g/mol. The lowest BCUT2D eigenvalue weighted by Crippen LogP contribution is -2.41. The third kappa shape index (κ3) is 4.33. The zero-order valence-electron chi connectivity index (χ0n) is 17.9. The number of fused-ring (bicyclic) bond motifs is 2. The van der Waals surface area contributed by atoms with E-state index in [4.69, 9.17) is 9.47 Å². The minimum atomic E-state index is -4.82. The summed E-state index contributed by atoms with van der Waals surface area (Å²) in [5.41, 5.74) is -2.83. The van der Waals surface area contributed by atoms with Gasteiger partial charge in [-0.25, -0.2) is 0 Å². The van der Waals surface area contributed by atoms with E-state index in [9.17, 15) is 36.2 Å². The number of nitrogens with one attached hydrogen (secondary N) is 1. The van der Waals surface area contributed by atoms with E-state index in [-0.39, 0.29) is 24.3 Å². The number of halogens is 6. The molecule has 13 heteroatoms. The molecule has 186 valence electrons. The van der Waals surface area contributed by atoms with Crippen molar-refractivity contribution in [2.45, 2.75) is 49.9 Å². The molecule has 0 unspecified atom stereocenters. The number of nitrogens with zero attached hydrogens (tertiary/aromatic N) is 2. The van der Waals surface area contributed by atoms with Gasteiger partial charge in [0, 0.05) is 36.8 Å². The third-order valence-electron chi connectivity index (χ3n) is 5.97. The molecule has 2 saturated heterocycles. The maximum atomic E-state index is 13.6. The molecule has 0 radical (unpaired) electrons. The SMILES string of the molecule is CCOc1ccc(NC(=O)[C@@H]2[C@@H](c3cn(C)nc3C(F)(F)F)[C@H]3O[C@@H]2C[C@@H]3O)cc1C(F)(F)F. The molecule has 0 aliphatic carbocycles. The molecule has 7 nitrogen and oxygen atoms in total. The molecule has 0 saturated carbocycles. The number of aromatic nitrogens is 2. The van der Waals surface area contributed by atoms with E-state index in [1.807, 2.05) is 0 Å². The summed E-state index contributed by atoms with van der Waals surface area (Å²) in [5.74, 6) is -3.61. The van der Waals surface area contributed by atoms with E-state index in [1.54, 1.807) is 0 Å². The number of benzene rings is 1. The average Bonchev–Trinajstić information content (AvgIpc) is 3.39. The Bertz CT molecular complexity index is 1080. The fraction of sp³-hybridized carbons (Fsp3) is 0.524. The summed E-state index contributed by atoms with van der Waals surface area (Å²) in [6.07, 6.45) is -11.5. The fourth-order valence-electron chi connectivity index (χ4n) is 4.72. The number of carbonyl (C=O) groups is 1. The molecule has 2 aliphatic heterocycles. The topological polar surface area (TPSA) is 85.6 Å². The van der Waals surface area contributed by atoms with Crippen molar-refractivity contribution < 1.29 is 45.7 Å². The summed E-state index contributed by atoms with van der Waals surface area (Å²) in [6, 6.07) is 2.97. The molecule has 2 fully saturated rings. The zero-order valence-corrected chi connectivity index (χ0v) is 17.9. The summed E-state index contributed by atoms with van der Waals surface area (Å²) < 4.78 is 92.7. The van der Waals surface area contributed by atoms with Gasteiger partial charge in [-0.15, -0.1) is 0 Å². The minimum absolute atomic E-state index is 0.00603. The van der Waals surface area contributed by atoms with Crippen LogP contribution in [0.1, 0.15) is 36.1 Å². The van der Waals surface area contributed by atoms with Gasteiger partial charge in [0.15, 0.2) is 5.69 Å². The lowest BCUT2D eigenvalue weighted by atomic mass is 9.73. The highest BCUT2D eigenvalue weighted by Crippen LogP contribution is 2.51. The van der Waals surface area contributed by atoms with Crippen molar-refractivity contribution in [2.75, 3.05) is 11.9 Å². The first-order valence-corrected chi connectivity index (χ1v) is 10.4. The lowest BCUT2D eigenvalue weighted by Gasteiger charge is -2.30. The number of aliphatic hydroxyl groups is 1. The molecule has 1 amide bonds. The Morgan fingerprint density at radius 1 is 1.26 bits per heavy atom. The first-order chi connectivity index (χ1) is 15.8. The van der Waals surface area contributed by atoms with Crippen LogP contribution in [0.2, 0.25) is 0 Å².